The molecule has 32 heavy (non-hydrogen) atoms. The molecule has 1 N–H and O–H groups in total. The highest BCUT2D eigenvalue weighted by Gasteiger charge is 2.35. The van der Waals surface area contributed by atoms with E-state index in [0.717, 1.165) is 24.1 Å². The van der Waals surface area contributed by atoms with E-state index in [1.54, 1.807) is 15.6 Å². The van der Waals surface area contributed by atoms with E-state index >= 15 is 0 Å². The van der Waals surface area contributed by atoms with Crippen LogP contribution in [0.25, 0.3) is 11.3 Å². The van der Waals surface area contributed by atoms with Crippen molar-refractivity contribution in [2.24, 2.45) is 13.0 Å². The Kier molecular flexibility index (Phi) is 5.03. The molecule has 8 nitrogen and oxygen atoms in total. The number of likely N-dealkylation sites (tertiary alicyclic amines) is 1. The van der Waals surface area contributed by atoms with Gasteiger partial charge in [0.1, 0.15) is 23.4 Å². The number of fused-ring (bicyclic) bond motifs is 1. The first-order chi connectivity index (χ1) is 15.4. The van der Waals surface area contributed by atoms with Crippen LogP contribution >= 0.6 is 0 Å². The molecule has 0 spiro atoms. The van der Waals surface area contributed by atoms with Crippen LogP contribution in [0.1, 0.15) is 45.8 Å². The number of ether oxygens (including phenoxy) is 1. The summed E-state index contributed by atoms with van der Waals surface area (Å²) in [6.07, 6.45) is 3.35. The van der Waals surface area contributed by atoms with Gasteiger partial charge in [0.05, 0.1) is 17.0 Å². The van der Waals surface area contributed by atoms with Crippen LogP contribution < -0.4 is 4.74 Å². The molecule has 1 aromatic carbocycles. The quantitative estimate of drug-likeness (QED) is 0.680. The molecule has 5 rings (SSSR count). The van der Waals surface area contributed by atoms with Gasteiger partial charge in [0.2, 0.25) is 0 Å². The number of benzene rings is 1. The first-order valence-corrected chi connectivity index (χ1v) is 10.7. The van der Waals surface area contributed by atoms with E-state index in [0.29, 0.717) is 35.8 Å². The summed E-state index contributed by atoms with van der Waals surface area (Å²) >= 11 is 0. The highest BCUT2D eigenvalue weighted by Crippen LogP contribution is 2.34. The number of nitrogens with zero attached hydrogens (tertiary/aromatic N) is 4. The Morgan fingerprint density at radius 2 is 2.00 bits per heavy atom. The van der Waals surface area contributed by atoms with Crippen LogP contribution in [-0.4, -0.2) is 55.8 Å². The zero-order valence-electron chi connectivity index (χ0n) is 18.0. The Morgan fingerprint density at radius 1 is 1.22 bits per heavy atom. The van der Waals surface area contributed by atoms with Gasteiger partial charge in [-0.1, -0.05) is 0 Å². The number of piperidine rings is 1. The van der Waals surface area contributed by atoms with Crippen LogP contribution in [-0.2, 0) is 7.05 Å². The monoisotopic (exact) mass is 437 g/mol. The van der Waals surface area contributed by atoms with E-state index in [9.17, 15) is 14.0 Å². The fourth-order valence-corrected chi connectivity index (χ4v) is 4.65. The molecule has 1 saturated heterocycles. The van der Waals surface area contributed by atoms with Gasteiger partial charge in [-0.25, -0.2) is 4.39 Å². The minimum absolute atomic E-state index is 0.0924. The van der Waals surface area contributed by atoms with Gasteiger partial charge >= 0.3 is 0 Å². The molecule has 4 heterocycles. The molecule has 0 saturated carbocycles. The fourth-order valence-electron chi connectivity index (χ4n) is 4.65. The lowest BCUT2D eigenvalue weighted by atomic mass is 9.86. The number of aromatic nitrogens is 4. The number of Topliss-reactive ketones (excluding diaryl/α,β-unsaturated/α-hetero) is 1. The van der Waals surface area contributed by atoms with Crippen LogP contribution in [0.4, 0.5) is 4.39 Å². The Balaban J connectivity index is 1.23. The number of hydrogen-bond donors (Lipinski definition) is 1. The summed E-state index contributed by atoms with van der Waals surface area (Å²) in [7, 11) is 1.85. The van der Waals surface area contributed by atoms with Gasteiger partial charge in [-0.3, -0.25) is 19.4 Å². The fraction of sp³-hybridized carbons (Fsp3) is 0.391. The second-order valence-corrected chi connectivity index (χ2v) is 8.52. The van der Waals surface area contributed by atoms with E-state index in [1.807, 2.05) is 20.2 Å². The van der Waals surface area contributed by atoms with Crippen molar-refractivity contribution < 1.29 is 18.7 Å². The maximum atomic E-state index is 13.4. The normalized spacial score (nSPS) is 19.0. The third-order valence-corrected chi connectivity index (χ3v) is 6.36. The summed E-state index contributed by atoms with van der Waals surface area (Å²) in [4.78, 5) is 27.2. The minimum atomic E-state index is -0.438. The third-order valence-electron chi connectivity index (χ3n) is 6.36. The van der Waals surface area contributed by atoms with Crippen molar-refractivity contribution in [3.63, 3.8) is 0 Å². The molecule has 3 aromatic rings. The van der Waals surface area contributed by atoms with Crippen LogP contribution in [0, 0.1) is 18.7 Å². The number of carbonyl (C=O) groups excluding carboxylic acids is 2. The number of rotatable bonds is 3. The third kappa shape index (κ3) is 3.68. The summed E-state index contributed by atoms with van der Waals surface area (Å²) in [5.41, 5.74) is 3.19. The Bertz CT molecular complexity index is 1190. The molecule has 0 bridgehead atoms. The maximum Gasteiger partial charge on any atom is 0.271 e. The molecule has 0 radical (unpaired) electrons. The van der Waals surface area contributed by atoms with E-state index in [2.05, 4.69) is 15.3 Å². The van der Waals surface area contributed by atoms with Gasteiger partial charge in [-0.05, 0) is 49.9 Å². The van der Waals surface area contributed by atoms with Crippen LogP contribution in [0.5, 0.6) is 5.75 Å². The zero-order valence-corrected chi connectivity index (χ0v) is 18.0. The van der Waals surface area contributed by atoms with Gasteiger partial charge in [0, 0.05) is 38.3 Å². The highest BCUT2D eigenvalue weighted by atomic mass is 19.1. The molecule has 166 valence electrons. The zero-order chi connectivity index (χ0) is 22.4. The van der Waals surface area contributed by atoms with Gasteiger partial charge in [-0.2, -0.15) is 10.2 Å². The first kappa shape index (κ1) is 20.4. The predicted octanol–water partition coefficient (Wildman–Crippen LogP) is 3.14. The van der Waals surface area contributed by atoms with Crippen LogP contribution in [0.15, 0.2) is 30.5 Å². The number of nitrogens with one attached hydrogen (secondary N) is 1. The van der Waals surface area contributed by atoms with E-state index in [4.69, 9.17) is 4.74 Å². The second-order valence-electron chi connectivity index (χ2n) is 8.52. The summed E-state index contributed by atoms with van der Waals surface area (Å²) in [6, 6.07) is 5.83. The Hall–Kier alpha value is -3.49. The molecule has 1 amide bonds. The van der Waals surface area contributed by atoms with E-state index in [-0.39, 0.29) is 30.1 Å². The highest BCUT2D eigenvalue weighted by molar-refractivity contribution is 6.00. The molecule has 2 aliphatic rings. The number of aryl methyl sites for hydroxylation is 2. The van der Waals surface area contributed by atoms with Gasteiger partial charge in [0.15, 0.2) is 5.78 Å². The molecule has 9 heteroatoms. The number of amides is 1. The molecule has 0 aliphatic carbocycles. The van der Waals surface area contributed by atoms with Gasteiger partial charge < -0.3 is 9.64 Å². The molecule has 0 unspecified atom stereocenters. The summed E-state index contributed by atoms with van der Waals surface area (Å²) < 4.78 is 21.2. The molecular formula is C23H24FN5O3. The average Bonchev–Trinajstić information content (AvgIpc) is 3.39. The lowest BCUT2D eigenvalue weighted by Crippen LogP contribution is -2.44. The Morgan fingerprint density at radius 3 is 2.72 bits per heavy atom. The topological polar surface area (TPSA) is 93.1 Å². The lowest BCUT2D eigenvalue weighted by molar-refractivity contribution is 0.0448. The standard InChI is InChI=1S/C23H24FN5O3/c1-13-17(12-28(2)27-13)18-10-19(26-25-18)23(31)29-7-5-14(6-8-29)22-11-20(30)16-9-15(24)3-4-21(16)32-22/h3-4,9-10,12,14,22H,5-8,11H2,1-2H3,(H,25,26)/t22-/m0/s1. The number of hydrogen-bond acceptors (Lipinski definition) is 5. The Labute approximate surface area is 184 Å². The van der Waals surface area contributed by atoms with Crippen molar-refractivity contribution in [2.75, 3.05) is 13.1 Å². The second kappa shape index (κ2) is 7.89. The van der Waals surface area contributed by atoms with Crippen molar-refractivity contribution in [1.29, 1.82) is 0 Å². The van der Waals surface area contributed by atoms with Gasteiger partial charge in [0.25, 0.3) is 5.91 Å². The molecule has 1 fully saturated rings. The van der Waals surface area contributed by atoms with E-state index < -0.39 is 5.82 Å². The van der Waals surface area contributed by atoms with Crippen LogP contribution in [0.3, 0.4) is 0 Å². The predicted molar refractivity (Wildman–Crippen MR) is 114 cm³/mol. The largest absolute Gasteiger partial charge is 0.489 e. The van der Waals surface area contributed by atoms with Crippen molar-refractivity contribution in [3.05, 3.63) is 53.2 Å². The number of H-pyrrole nitrogens is 1. The number of aromatic amines is 1. The van der Waals surface area contributed by atoms with Crippen molar-refractivity contribution >= 4 is 11.7 Å². The number of halogens is 1. The number of ketones is 1. The molecular weight excluding hydrogens is 413 g/mol. The van der Waals surface area contributed by atoms with Crippen molar-refractivity contribution in [2.45, 2.75) is 32.3 Å². The van der Waals surface area contributed by atoms with E-state index in [1.165, 1.54) is 18.2 Å². The SMILES string of the molecule is Cc1nn(C)cc1-c1cc(C(=O)N2CCC([C@@H]3CC(=O)c4cc(F)ccc4O3)CC2)[nH]n1. The summed E-state index contributed by atoms with van der Waals surface area (Å²) in [6.45, 7) is 3.06. The molecule has 1 atom stereocenters. The summed E-state index contributed by atoms with van der Waals surface area (Å²) in [5.74, 6) is -0.0137. The number of carbonyl (C=O) groups is 2. The van der Waals surface area contributed by atoms with Crippen molar-refractivity contribution in [1.82, 2.24) is 24.9 Å². The first-order valence-electron chi connectivity index (χ1n) is 10.7. The maximum absolute atomic E-state index is 13.4. The smallest absolute Gasteiger partial charge is 0.271 e. The van der Waals surface area contributed by atoms with Crippen LogP contribution in [0.2, 0.25) is 0 Å². The van der Waals surface area contributed by atoms with Crippen molar-refractivity contribution in [3.8, 4) is 17.0 Å². The molecule has 2 aliphatic heterocycles. The lowest BCUT2D eigenvalue weighted by Gasteiger charge is -2.37. The average molecular weight is 437 g/mol. The molecule has 2 aromatic heterocycles. The van der Waals surface area contributed by atoms with Gasteiger partial charge in [-0.15, -0.1) is 0 Å². The summed E-state index contributed by atoms with van der Waals surface area (Å²) in [5, 5.41) is 11.5. The minimum Gasteiger partial charge on any atom is -0.489 e.